The van der Waals surface area contributed by atoms with Gasteiger partial charge in [0.25, 0.3) is 0 Å². The molecule has 0 radical (unpaired) electrons. The molecule has 0 heterocycles. The lowest BCUT2D eigenvalue weighted by atomic mass is 10.0. The van der Waals surface area contributed by atoms with Crippen LogP contribution in [0.5, 0.6) is 23.0 Å². The normalized spacial score (nSPS) is 10.6. The van der Waals surface area contributed by atoms with Crippen molar-refractivity contribution in [2.45, 2.75) is 38.5 Å². The lowest BCUT2D eigenvalue weighted by Gasteiger charge is -2.13. The van der Waals surface area contributed by atoms with E-state index in [1.165, 1.54) is 11.1 Å². The Bertz CT molecular complexity index is 712. The van der Waals surface area contributed by atoms with Crippen molar-refractivity contribution >= 4 is 31.9 Å². The van der Waals surface area contributed by atoms with Gasteiger partial charge in [0.15, 0.2) is 0 Å². The van der Waals surface area contributed by atoms with E-state index in [4.69, 9.17) is 18.9 Å². The zero-order valence-electron chi connectivity index (χ0n) is 16.9. The van der Waals surface area contributed by atoms with E-state index in [2.05, 4.69) is 44.0 Å². The van der Waals surface area contributed by atoms with Gasteiger partial charge in [-0.1, -0.05) is 12.8 Å². The van der Waals surface area contributed by atoms with E-state index in [1.807, 2.05) is 12.1 Å². The van der Waals surface area contributed by atoms with Crippen LogP contribution in [0.3, 0.4) is 0 Å². The Labute approximate surface area is 184 Å². The molecule has 6 heteroatoms. The number of halogens is 2. The van der Waals surface area contributed by atoms with E-state index >= 15 is 0 Å². The highest BCUT2D eigenvalue weighted by atomic mass is 79.9. The quantitative estimate of drug-likeness (QED) is 0.316. The average Bonchev–Trinajstić information content (AvgIpc) is 2.71. The summed E-state index contributed by atoms with van der Waals surface area (Å²) in [5.41, 5.74) is 2.36. The summed E-state index contributed by atoms with van der Waals surface area (Å²) in [6.07, 6.45) is 6.50. The molecule has 0 saturated carbocycles. The van der Waals surface area contributed by atoms with Crippen LogP contribution in [0, 0.1) is 0 Å². The van der Waals surface area contributed by atoms with Gasteiger partial charge < -0.3 is 18.9 Å². The van der Waals surface area contributed by atoms with Gasteiger partial charge in [-0.2, -0.15) is 0 Å². The van der Waals surface area contributed by atoms with Crippen LogP contribution in [0.4, 0.5) is 0 Å². The standard InChI is InChI=1S/C22H28Br2O4/c1-25-19-13-17(23)21(27-3)11-15(19)9-7-5-6-8-10-16-12-22(28-4)18(24)14-20(16)26-2/h11-14H,5-10H2,1-4H3. The maximum absolute atomic E-state index is 5.50. The number of hydrogen-bond acceptors (Lipinski definition) is 4. The number of benzene rings is 2. The SMILES string of the molecule is COc1cc(CCCCCCc2cc(OC)c(Br)cc2OC)c(OC)cc1Br. The predicted molar refractivity (Wildman–Crippen MR) is 120 cm³/mol. The molecule has 0 fully saturated rings. The summed E-state index contributed by atoms with van der Waals surface area (Å²) in [4.78, 5) is 0. The summed E-state index contributed by atoms with van der Waals surface area (Å²) in [6, 6.07) is 8.06. The summed E-state index contributed by atoms with van der Waals surface area (Å²) in [5.74, 6) is 3.48. The zero-order chi connectivity index (χ0) is 20.5. The molecule has 2 rings (SSSR count). The second-order valence-electron chi connectivity index (χ2n) is 6.51. The summed E-state index contributed by atoms with van der Waals surface area (Å²) >= 11 is 7.01. The van der Waals surface area contributed by atoms with Crippen molar-refractivity contribution in [2.75, 3.05) is 28.4 Å². The number of methoxy groups -OCH3 is 4. The van der Waals surface area contributed by atoms with Gasteiger partial charge in [0.2, 0.25) is 0 Å². The van der Waals surface area contributed by atoms with Crippen molar-refractivity contribution in [3.05, 3.63) is 44.3 Å². The molecular weight excluding hydrogens is 488 g/mol. The molecule has 0 spiro atoms. The molecule has 2 aromatic rings. The van der Waals surface area contributed by atoms with E-state index in [0.717, 1.165) is 70.5 Å². The Morgan fingerprint density at radius 2 is 0.893 bits per heavy atom. The smallest absolute Gasteiger partial charge is 0.133 e. The molecule has 0 saturated heterocycles. The van der Waals surface area contributed by atoms with Crippen molar-refractivity contribution < 1.29 is 18.9 Å². The summed E-state index contributed by atoms with van der Waals surface area (Å²) in [6.45, 7) is 0. The summed E-state index contributed by atoms with van der Waals surface area (Å²) in [5, 5.41) is 0. The Morgan fingerprint density at radius 1 is 0.536 bits per heavy atom. The third-order valence-corrected chi connectivity index (χ3v) is 5.99. The lowest BCUT2D eigenvalue weighted by Crippen LogP contribution is -1.97. The molecule has 0 amide bonds. The Kier molecular flexibility index (Phi) is 9.45. The lowest BCUT2D eigenvalue weighted by molar-refractivity contribution is 0.395. The van der Waals surface area contributed by atoms with Crippen LogP contribution in [0.25, 0.3) is 0 Å². The minimum absolute atomic E-state index is 0.840. The van der Waals surface area contributed by atoms with Crippen LogP contribution in [0.2, 0.25) is 0 Å². The third-order valence-electron chi connectivity index (χ3n) is 4.75. The summed E-state index contributed by atoms with van der Waals surface area (Å²) < 4.78 is 23.6. The van der Waals surface area contributed by atoms with Crippen molar-refractivity contribution in [1.82, 2.24) is 0 Å². The van der Waals surface area contributed by atoms with Gasteiger partial charge in [0.05, 0.1) is 37.4 Å². The van der Waals surface area contributed by atoms with Crippen LogP contribution in [0.15, 0.2) is 33.2 Å². The molecule has 0 bridgehead atoms. The Hall–Kier alpha value is -1.40. The number of aryl methyl sites for hydroxylation is 2. The summed E-state index contributed by atoms with van der Waals surface area (Å²) in [7, 11) is 6.78. The average molecular weight is 516 g/mol. The van der Waals surface area contributed by atoms with E-state index in [9.17, 15) is 0 Å². The molecule has 28 heavy (non-hydrogen) atoms. The monoisotopic (exact) mass is 514 g/mol. The van der Waals surface area contributed by atoms with Gasteiger partial charge >= 0.3 is 0 Å². The number of rotatable bonds is 11. The van der Waals surface area contributed by atoms with Gasteiger partial charge in [-0.05, 0) is 92.9 Å². The largest absolute Gasteiger partial charge is 0.496 e. The minimum atomic E-state index is 0.840. The Balaban J connectivity index is 1.84. The maximum Gasteiger partial charge on any atom is 0.133 e. The molecule has 2 aromatic carbocycles. The zero-order valence-corrected chi connectivity index (χ0v) is 20.1. The van der Waals surface area contributed by atoms with Gasteiger partial charge in [-0.15, -0.1) is 0 Å². The highest BCUT2D eigenvalue weighted by molar-refractivity contribution is 9.10. The molecule has 154 valence electrons. The van der Waals surface area contributed by atoms with Crippen LogP contribution in [-0.4, -0.2) is 28.4 Å². The molecule has 0 N–H and O–H groups in total. The highest BCUT2D eigenvalue weighted by Gasteiger charge is 2.11. The van der Waals surface area contributed by atoms with Crippen LogP contribution in [-0.2, 0) is 12.8 Å². The number of ether oxygens (including phenoxy) is 4. The van der Waals surface area contributed by atoms with Crippen molar-refractivity contribution in [3.63, 3.8) is 0 Å². The highest BCUT2D eigenvalue weighted by Crippen LogP contribution is 2.35. The van der Waals surface area contributed by atoms with Crippen LogP contribution in [0.1, 0.15) is 36.8 Å². The minimum Gasteiger partial charge on any atom is -0.496 e. The first-order chi connectivity index (χ1) is 13.5. The topological polar surface area (TPSA) is 36.9 Å². The molecule has 0 aliphatic heterocycles. The maximum atomic E-state index is 5.50. The van der Waals surface area contributed by atoms with Crippen molar-refractivity contribution in [1.29, 1.82) is 0 Å². The van der Waals surface area contributed by atoms with Crippen molar-refractivity contribution in [3.8, 4) is 23.0 Å². The molecule has 0 atom stereocenters. The van der Waals surface area contributed by atoms with E-state index < -0.39 is 0 Å². The fourth-order valence-electron chi connectivity index (χ4n) is 3.22. The second kappa shape index (κ2) is 11.6. The number of unbranched alkanes of at least 4 members (excludes halogenated alkanes) is 3. The molecule has 0 aliphatic carbocycles. The fraction of sp³-hybridized carbons (Fsp3) is 0.455. The first kappa shape index (κ1) is 22.9. The van der Waals surface area contributed by atoms with Gasteiger partial charge in [-0.25, -0.2) is 0 Å². The van der Waals surface area contributed by atoms with Gasteiger partial charge in [0.1, 0.15) is 23.0 Å². The molecular formula is C22H28Br2O4. The molecule has 0 aromatic heterocycles. The van der Waals surface area contributed by atoms with E-state index in [0.29, 0.717) is 0 Å². The first-order valence-electron chi connectivity index (χ1n) is 9.34. The third kappa shape index (κ3) is 6.05. The fourth-order valence-corrected chi connectivity index (χ4v) is 4.19. The predicted octanol–water partition coefficient (Wildman–Crippen LogP) is 6.59. The molecule has 0 aliphatic rings. The van der Waals surface area contributed by atoms with E-state index in [-0.39, 0.29) is 0 Å². The molecule has 0 unspecified atom stereocenters. The van der Waals surface area contributed by atoms with Gasteiger partial charge in [-0.3, -0.25) is 0 Å². The number of hydrogen-bond donors (Lipinski definition) is 0. The first-order valence-corrected chi connectivity index (χ1v) is 10.9. The van der Waals surface area contributed by atoms with Crippen LogP contribution < -0.4 is 18.9 Å². The van der Waals surface area contributed by atoms with Crippen molar-refractivity contribution in [2.24, 2.45) is 0 Å². The second-order valence-corrected chi connectivity index (χ2v) is 8.22. The van der Waals surface area contributed by atoms with Gasteiger partial charge in [0, 0.05) is 0 Å². The van der Waals surface area contributed by atoms with Crippen LogP contribution >= 0.6 is 31.9 Å². The van der Waals surface area contributed by atoms with E-state index in [1.54, 1.807) is 28.4 Å². The Morgan fingerprint density at radius 3 is 1.21 bits per heavy atom. The molecule has 4 nitrogen and oxygen atoms in total.